The van der Waals surface area contributed by atoms with Gasteiger partial charge in [-0.1, -0.05) is 18.1 Å². The Morgan fingerprint density at radius 2 is 1.95 bits per heavy atom. The van der Waals surface area contributed by atoms with Crippen molar-refractivity contribution < 1.29 is 14.2 Å². The van der Waals surface area contributed by atoms with Crippen LogP contribution < -0.4 is 16.1 Å². The first-order valence-electron chi connectivity index (χ1n) is 13.6. The fourth-order valence-corrected chi connectivity index (χ4v) is 5.82. The summed E-state index contributed by atoms with van der Waals surface area (Å²) in [6.07, 6.45) is 10.7. The van der Waals surface area contributed by atoms with Crippen LogP contribution in [0.1, 0.15) is 48.5 Å². The Hall–Kier alpha value is -4.59. The number of quaternary nitrogens is 1. The molecule has 2 saturated heterocycles. The second-order valence-electron chi connectivity index (χ2n) is 10.2. The largest absolute Gasteiger partial charge is 0.371 e. The van der Waals surface area contributed by atoms with Crippen molar-refractivity contribution in [1.29, 1.82) is 0 Å². The number of hydrogen-bond donors (Lipinski definition) is 2. The molecule has 40 heavy (non-hydrogen) atoms. The van der Waals surface area contributed by atoms with Gasteiger partial charge >= 0.3 is 0 Å². The highest BCUT2D eigenvalue weighted by atomic mass is 16.2. The molecule has 0 spiro atoms. The molecule has 1 aromatic carbocycles. The first kappa shape index (κ1) is 25.7. The van der Waals surface area contributed by atoms with Gasteiger partial charge in [0.2, 0.25) is 5.70 Å². The van der Waals surface area contributed by atoms with Gasteiger partial charge in [-0.15, -0.1) is 4.59 Å². The number of nitrogens with one attached hydrogen (secondary N) is 1. The molecule has 202 valence electrons. The van der Waals surface area contributed by atoms with Crippen molar-refractivity contribution in [2.45, 2.75) is 38.6 Å². The molecule has 4 aliphatic rings. The quantitative estimate of drug-likeness (QED) is 0.347. The number of rotatable bonds is 5. The number of amidine groups is 1. The Bertz CT molecular complexity index is 1560. The smallest absolute Gasteiger partial charge is 0.299 e. The van der Waals surface area contributed by atoms with Gasteiger partial charge in [0.1, 0.15) is 17.7 Å². The molecule has 2 unspecified atom stereocenters. The van der Waals surface area contributed by atoms with Crippen LogP contribution in [0.15, 0.2) is 76.4 Å². The average molecular weight is 536 g/mol. The molecule has 4 aliphatic heterocycles. The number of allylic oxidation sites excluding steroid dienone is 1. The number of benzene rings is 1. The van der Waals surface area contributed by atoms with Crippen molar-refractivity contribution in [2.75, 3.05) is 29.9 Å². The summed E-state index contributed by atoms with van der Waals surface area (Å²) < 4.78 is -0.246. The average Bonchev–Trinajstić information content (AvgIpc) is 3.72. The van der Waals surface area contributed by atoms with Gasteiger partial charge in [0.15, 0.2) is 0 Å². The number of anilines is 2. The molecule has 0 saturated carbocycles. The second kappa shape index (κ2) is 10.5. The lowest BCUT2D eigenvalue weighted by Gasteiger charge is -2.28. The number of aliphatic imine (C=N–C) groups is 2. The van der Waals surface area contributed by atoms with Crippen LogP contribution in [0.3, 0.4) is 0 Å². The van der Waals surface area contributed by atoms with E-state index in [2.05, 4.69) is 32.0 Å². The standard InChI is InChI=1S/C30H30N8O2/c1-2-8-27(39)37-17-7-11-24(37)28-25-20-32-14-18-38(25,31)29(35-28)22-9-3-4-10-23(22)30(40)34-26-19-21(12-13-33-26)36-15-5-6-16-36/h3-4,9-10,12-14,18-20,24H,5-7,11,15-17,31H2,1H3/p+1. The number of pyridine rings is 1. The van der Waals surface area contributed by atoms with Crippen LogP contribution in [0.25, 0.3) is 0 Å². The fourth-order valence-electron chi connectivity index (χ4n) is 5.82. The van der Waals surface area contributed by atoms with E-state index >= 15 is 0 Å². The number of nitrogens with zero attached hydrogens (tertiary/aromatic N) is 6. The number of hydrogen-bond acceptors (Lipinski definition) is 7. The number of fused-ring (bicyclic) bond motifs is 1. The molecular formula is C30H31N8O2+. The zero-order valence-corrected chi connectivity index (χ0v) is 22.4. The topological polar surface area (TPSA) is 116 Å². The van der Waals surface area contributed by atoms with Gasteiger partial charge in [0.25, 0.3) is 17.6 Å². The van der Waals surface area contributed by atoms with Crippen LogP contribution in [0.5, 0.6) is 0 Å². The number of carbonyl (C=O) groups is 2. The SMILES string of the molecule is CC#CC(=O)N1CCCC1C1=C2C=NC=C[N+]2(N)C(c2ccccc2C(=O)Nc2cc(N3CCCC3)ccn2)=N1. The minimum atomic E-state index is -0.309. The maximum atomic E-state index is 13.6. The van der Waals surface area contributed by atoms with E-state index in [0.717, 1.165) is 44.5 Å². The van der Waals surface area contributed by atoms with Gasteiger partial charge in [-0.2, -0.15) is 10.8 Å². The summed E-state index contributed by atoms with van der Waals surface area (Å²) in [7, 11) is 0. The summed E-state index contributed by atoms with van der Waals surface area (Å²) >= 11 is 0. The maximum absolute atomic E-state index is 13.6. The van der Waals surface area contributed by atoms with Crippen molar-refractivity contribution in [1.82, 2.24) is 9.88 Å². The first-order valence-corrected chi connectivity index (χ1v) is 13.6. The minimum Gasteiger partial charge on any atom is -0.371 e. The van der Waals surface area contributed by atoms with Gasteiger partial charge in [-0.3, -0.25) is 14.6 Å². The van der Waals surface area contributed by atoms with Crippen molar-refractivity contribution in [3.63, 3.8) is 0 Å². The molecule has 1 aromatic heterocycles. The Labute approximate surface area is 233 Å². The number of carbonyl (C=O) groups excluding carboxylic acids is 2. The molecule has 0 bridgehead atoms. The van der Waals surface area contributed by atoms with Crippen LogP contribution in [0.4, 0.5) is 11.5 Å². The van der Waals surface area contributed by atoms with Crippen molar-refractivity contribution in [2.24, 2.45) is 15.8 Å². The number of amides is 2. The third-order valence-corrected chi connectivity index (χ3v) is 7.75. The lowest BCUT2D eigenvalue weighted by atomic mass is 10.0. The molecule has 2 fully saturated rings. The highest BCUT2D eigenvalue weighted by molar-refractivity contribution is 6.13. The molecule has 2 atom stereocenters. The Morgan fingerprint density at radius 1 is 1.12 bits per heavy atom. The Kier molecular flexibility index (Phi) is 6.76. The van der Waals surface area contributed by atoms with E-state index in [4.69, 9.17) is 10.8 Å². The summed E-state index contributed by atoms with van der Waals surface area (Å²) in [5.74, 6) is 12.8. The monoisotopic (exact) mass is 535 g/mol. The minimum absolute atomic E-state index is 0.233. The normalized spacial score (nSPS) is 23.1. The van der Waals surface area contributed by atoms with Gasteiger partial charge in [-0.25, -0.2) is 4.98 Å². The Balaban J connectivity index is 1.35. The summed E-state index contributed by atoms with van der Waals surface area (Å²) in [5.41, 5.74) is 3.40. The van der Waals surface area contributed by atoms with Crippen molar-refractivity contribution in [3.8, 4) is 11.8 Å². The molecule has 2 amide bonds. The summed E-state index contributed by atoms with van der Waals surface area (Å²) in [6.45, 7) is 4.25. The predicted octanol–water partition coefficient (Wildman–Crippen LogP) is 3.17. The number of aromatic nitrogens is 1. The highest BCUT2D eigenvalue weighted by Gasteiger charge is 2.48. The highest BCUT2D eigenvalue weighted by Crippen LogP contribution is 2.37. The van der Waals surface area contributed by atoms with Gasteiger partial charge in [-0.05, 0) is 56.7 Å². The zero-order chi connectivity index (χ0) is 27.7. The first-order chi connectivity index (χ1) is 19.5. The van der Waals surface area contributed by atoms with E-state index in [9.17, 15) is 9.59 Å². The maximum Gasteiger partial charge on any atom is 0.299 e. The lowest BCUT2D eigenvalue weighted by Crippen LogP contribution is -2.53. The summed E-state index contributed by atoms with van der Waals surface area (Å²) in [4.78, 5) is 44.2. The fraction of sp³-hybridized carbons (Fsp3) is 0.300. The van der Waals surface area contributed by atoms with Crippen molar-refractivity contribution >= 4 is 35.4 Å². The zero-order valence-electron chi connectivity index (χ0n) is 22.4. The van der Waals surface area contributed by atoms with E-state index in [1.54, 1.807) is 42.7 Å². The van der Waals surface area contributed by atoms with Gasteiger partial charge in [0, 0.05) is 37.6 Å². The van der Waals surface area contributed by atoms with E-state index in [-0.39, 0.29) is 22.4 Å². The second-order valence-corrected chi connectivity index (χ2v) is 10.2. The molecule has 0 radical (unpaired) electrons. The molecular weight excluding hydrogens is 504 g/mol. The lowest BCUT2D eigenvalue weighted by molar-refractivity contribution is -0.750. The van der Waals surface area contributed by atoms with Gasteiger partial charge in [0.05, 0.1) is 29.6 Å². The summed E-state index contributed by atoms with van der Waals surface area (Å²) in [6, 6.07) is 10.9. The van der Waals surface area contributed by atoms with Crippen molar-refractivity contribution in [3.05, 3.63) is 77.5 Å². The third-order valence-electron chi connectivity index (χ3n) is 7.75. The molecule has 2 aromatic rings. The van der Waals surface area contributed by atoms with Crippen LogP contribution >= 0.6 is 0 Å². The van der Waals surface area contributed by atoms with E-state index in [0.29, 0.717) is 40.7 Å². The Morgan fingerprint density at radius 3 is 2.77 bits per heavy atom. The molecule has 10 nitrogen and oxygen atoms in total. The van der Waals surface area contributed by atoms with Crippen LogP contribution in [0.2, 0.25) is 0 Å². The third kappa shape index (κ3) is 4.49. The van der Waals surface area contributed by atoms with Gasteiger partial charge < -0.3 is 15.1 Å². The van der Waals surface area contributed by atoms with E-state index in [1.165, 1.54) is 0 Å². The van der Waals surface area contributed by atoms with E-state index < -0.39 is 0 Å². The van der Waals surface area contributed by atoms with Crippen LogP contribution in [-0.2, 0) is 4.79 Å². The number of likely N-dealkylation sites (tertiary alicyclic amines) is 1. The van der Waals surface area contributed by atoms with Crippen LogP contribution in [0, 0.1) is 11.8 Å². The molecule has 5 heterocycles. The molecule has 3 N–H and O–H groups in total. The number of nitrogens with two attached hydrogens (primary N) is 1. The predicted molar refractivity (Wildman–Crippen MR) is 154 cm³/mol. The van der Waals surface area contributed by atoms with E-state index in [1.807, 2.05) is 30.3 Å². The van der Waals surface area contributed by atoms with Crippen LogP contribution in [-0.4, -0.2) is 64.0 Å². The summed E-state index contributed by atoms with van der Waals surface area (Å²) in [5, 5.41) is 2.97. The molecule has 10 heteroatoms. The molecule has 0 aliphatic carbocycles. The molecule has 6 rings (SSSR count).